The molecule has 1 aliphatic rings. The highest BCUT2D eigenvalue weighted by Crippen LogP contribution is 2.30. The number of rotatable bonds is 6. The molecule has 1 aromatic rings. The second-order valence-electron chi connectivity index (χ2n) is 7.20. The van der Waals surface area contributed by atoms with Gasteiger partial charge in [-0.25, -0.2) is 4.79 Å². The first-order valence-corrected chi connectivity index (χ1v) is 9.75. The van der Waals surface area contributed by atoms with Crippen LogP contribution in [0.4, 0.5) is 10.5 Å². The van der Waals surface area contributed by atoms with Crippen LogP contribution in [0.3, 0.4) is 0 Å². The molecular weight excluding hydrogens is 366 g/mol. The Kier molecular flexibility index (Phi) is 8.48. The molecule has 0 saturated heterocycles. The number of carbonyl (C=O) groups is 1. The average molecular weight is 398 g/mol. The van der Waals surface area contributed by atoms with Gasteiger partial charge < -0.3 is 20.9 Å². The lowest BCUT2D eigenvalue weighted by Crippen LogP contribution is -2.48. The van der Waals surface area contributed by atoms with Gasteiger partial charge in [0.1, 0.15) is 12.4 Å². The summed E-state index contributed by atoms with van der Waals surface area (Å²) in [6.07, 6.45) is 7.81. The summed E-state index contributed by atoms with van der Waals surface area (Å²) in [5.41, 5.74) is 8.18. The smallest absolute Gasteiger partial charge is 0.340 e. The van der Waals surface area contributed by atoms with Crippen molar-refractivity contribution in [3.8, 4) is 5.75 Å². The Bertz CT molecular complexity index is 798. The second kappa shape index (κ2) is 11.1. The zero-order valence-electron chi connectivity index (χ0n) is 17.4. The lowest BCUT2D eigenvalue weighted by Gasteiger charge is -2.26. The largest absolute Gasteiger partial charge is 0.487 e. The highest BCUT2D eigenvalue weighted by Gasteiger charge is 2.21. The summed E-state index contributed by atoms with van der Waals surface area (Å²) in [4.78, 5) is 14.4. The number of ether oxygens (including phenoxy) is 1. The summed E-state index contributed by atoms with van der Waals surface area (Å²) in [6, 6.07) is 5.67. The van der Waals surface area contributed by atoms with Gasteiger partial charge in [0.15, 0.2) is 0 Å². The Hall–Kier alpha value is -3.06. The maximum atomic E-state index is 13.0. The van der Waals surface area contributed by atoms with Gasteiger partial charge in [-0.3, -0.25) is 10.3 Å². The molecule has 0 unspecified atom stereocenters. The number of urea groups is 1. The Morgan fingerprint density at radius 3 is 2.86 bits per heavy atom. The fraction of sp³-hybridized carbons (Fsp3) is 0.364. The fourth-order valence-electron chi connectivity index (χ4n) is 2.68. The summed E-state index contributed by atoms with van der Waals surface area (Å²) in [7, 11) is 0. The number of nitrogens with zero attached hydrogens (tertiary/aromatic N) is 1. The molecule has 2 rings (SSSR count). The summed E-state index contributed by atoms with van der Waals surface area (Å²) in [5, 5.41) is 11.5. The van der Waals surface area contributed by atoms with E-state index in [2.05, 4.69) is 36.6 Å². The minimum absolute atomic E-state index is 0.110. The number of benzene rings is 1. The number of carbonyl (C=O) groups excluding carboxylic acids is 1. The molecule has 1 aliphatic heterocycles. The van der Waals surface area contributed by atoms with Gasteiger partial charge in [-0.1, -0.05) is 38.6 Å². The minimum atomic E-state index is -0.385. The molecule has 7 heteroatoms. The van der Waals surface area contributed by atoms with E-state index < -0.39 is 0 Å². The number of aryl methyl sites for hydroxylation is 1. The van der Waals surface area contributed by atoms with Crippen molar-refractivity contribution in [2.24, 2.45) is 0 Å². The number of hydrogen-bond acceptors (Lipinski definition) is 5. The van der Waals surface area contributed by atoms with Crippen molar-refractivity contribution < 1.29 is 9.53 Å². The lowest BCUT2D eigenvalue weighted by molar-refractivity contribution is 0.243. The first-order valence-electron chi connectivity index (χ1n) is 9.75. The molecule has 0 radical (unpaired) electrons. The van der Waals surface area contributed by atoms with Crippen LogP contribution in [0.2, 0.25) is 0 Å². The topological polar surface area (TPSA) is 89.5 Å². The Morgan fingerprint density at radius 2 is 2.10 bits per heavy atom. The average Bonchev–Trinajstić information content (AvgIpc) is 2.70. The predicted octanol–water partition coefficient (Wildman–Crippen LogP) is 3.44. The number of amides is 2. The van der Waals surface area contributed by atoms with Gasteiger partial charge >= 0.3 is 6.03 Å². The van der Waals surface area contributed by atoms with E-state index in [1.165, 1.54) is 4.90 Å². The van der Waals surface area contributed by atoms with Crippen LogP contribution in [0.15, 0.2) is 54.8 Å². The van der Waals surface area contributed by atoms with E-state index in [1.807, 2.05) is 37.3 Å². The summed E-state index contributed by atoms with van der Waals surface area (Å²) in [6.45, 7) is 11.3. The van der Waals surface area contributed by atoms with Crippen LogP contribution in [0.25, 0.3) is 0 Å². The normalized spacial score (nSPS) is 16.3. The predicted molar refractivity (Wildman–Crippen MR) is 119 cm³/mol. The van der Waals surface area contributed by atoms with Crippen molar-refractivity contribution in [2.75, 3.05) is 24.6 Å². The molecule has 4 N–H and O–H groups in total. The van der Waals surface area contributed by atoms with Crippen molar-refractivity contribution in [3.63, 3.8) is 0 Å². The summed E-state index contributed by atoms with van der Waals surface area (Å²) < 4.78 is 5.83. The molecule has 7 nitrogen and oxygen atoms in total. The van der Waals surface area contributed by atoms with Crippen molar-refractivity contribution in [2.45, 2.75) is 33.2 Å². The zero-order valence-corrected chi connectivity index (χ0v) is 17.4. The highest BCUT2D eigenvalue weighted by atomic mass is 16.5. The standard InChI is InChI=1S/C22H31N5O2/c1-16(2)24-12-11-18(4)25-26-22(28)27-15-19(23)8-6-5-7-13-29-21-10-9-17(3)14-20(21)27/h5-10,14,16,23-25H,4,11-13,15H2,1-3H3,(H,26,28)/b7-5-,8-6-,23-19?. The van der Waals surface area contributed by atoms with E-state index in [1.54, 1.807) is 12.2 Å². The maximum Gasteiger partial charge on any atom is 0.340 e. The first-order chi connectivity index (χ1) is 13.9. The van der Waals surface area contributed by atoms with Gasteiger partial charge in [0.05, 0.1) is 17.9 Å². The van der Waals surface area contributed by atoms with Crippen LogP contribution in [-0.2, 0) is 0 Å². The van der Waals surface area contributed by atoms with Crippen LogP contribution in [-0.4, -0.2) is 37.5 Å². The van der Waals surface area contributed by atoms with E-state index in [9.17, 15) is 4.79 Å². The van der Waals surface area contributed by atoms with Gasteiger partial charge in [0, 0.05) is 24.7 Å². The second-order valence-corrected chi connectivity index (χ2v) is 7.20. The minimum Gasteiger partial charge on any atom is -0.487 e. The third-order valence-corrected chi connectivity index (χ3v) is 4.18. The fourth-order valence-corrected chi connectivity index (χ4v) is 2.68. The monoisotopic (exact) mass is 397 g/mol. The molecule has 0 bridgehead atoms. The van der Waals surface area contributed by atoms with Crippen molar-refractivity contribution in [1.82, 2.24) is 16.2 Å². The van der Waals surface area contributed by atoms with Crippen molar-refractivity contribution >= 4 is 17.4 Å². The number of anilines is 1. The van der Waals surface area contributed by atoms with Gasteiger partial charge in [-0.2, -0.15) is 0 Å². The van der Waals surface area contributed by atoms with E-state index in [0.29, 0.717) is 41.9 Å². The van der Waals surface area contributed by atoms with E-state index in [-0.39, 0.29) is 12.6 Å². The molecule has 29 heavy (non-hydrogen) atoms. The number of hydrogen-bond donors (Lipinski definition) is 4. The van der Waals surface area contributed by atoms with Crippen LogP contribution in [0.5, 0.6) is 5.75 Å². The van der Waals surface area contributed by atoms with Crippen molar-refractivity contribution in [3.05, 3.63) is 60.3 Å². The van der Waals surface area contributed by atoms with Crippen LogP contribution >= 0.6 is 0 Å². The number of allylic oxidation sites excluding steroid dienone is 2. The molecule has 0 atom stereocenters. The molecule has 1 aromatic carbocycles. The summed E-state index contributed by atoms with van der Waals surface area (Å²) >= 11 is 0. The Labute approximate surface area is 173 Å². The quantitative estimate of drug-likeness (QED) is 0.554. The first kappa shape index (κ1) is 22.2. The number of fused-ring (bicyclic) bond motifs is 1. The van der Waals surface area contributed by atoms with Crippen LogP contribution in [0, 0.1) is 12.3 Å². The maximum absolute atomic E-state index is 13.0. The van der Waals surface area contributed by atoms with E-state index in [0.717, 1.165) is 12.1 Å². The molecule has 0 saturated carbocycles. The van der Waals surface area contributed by atoms with E-state index >= 15 is 0 Å². The van der Waals surface area contributed by atoms with Gasteiger partial charge in [0.2, 0.25) is 0 Å². The molecule has 1 heterocycles. The number of nitrogens with one attached hydrogen (secondary N) is 4. The van der Waals surface area contributed by atoms with Crippen molar-refractivity contribution in [1.29, 1.82) is 5.41 Å². The highest BCUT2D eigenvalue weighted by molar-refractivity contribution is 6.04. The third kappa shape index (κ3) is 7.46. The molecule has 2 amide bonds. The van der Waals surface area contributed by atoms with Gasteiger partial charge in [-0.05, 0) is 36.8 Å². The molecule has 0 spiro atoms. The summed E-state index contributed by atoms with van der Waals surface area (Å²) in [5.74, 6) is 0.588. The van der Waals surface area contributed by atoms with Gasteiger partial charge in [0.25, 0.3) is 0 Å². The lowest BCUT2D eigenvalue weighted by atomic mass is 10.2. The zero-order chi connectivity index (χ0) is 21.2. The SMILES string of the molecule is C=C(CCNC(C)C)NNC(=O)N1CC(=N)/C=C\C=C/COc2ccc(C)cc21. The molecule has 156 valence electrons. The molecule has 0 aliphatic carbocycles. The molecule has 0 aromatic heterocycles. The third-order valence-electron chi connectivity index (χ3n) is 4.18. The van der Waals surface area contributed by atoms with Gasteiger partial charge in [-0.15, -0.1) is 0 Å². The van der Waals surface area contributed by atoms with Crippen LogP contribution in [0.1, 0.15) is 25.8 Å². The van der Waals surface area contributed by atoms with Crippen LogP contribution < -0.4 is 25.8 Å². The van der Waals surface area contributed by atoms with E-state index in [4.69, 9.17) is 10.1 Å². The molecule has 0 fully saturated rings. The Morgan fingerprint density at radius 1 is 1.31 bits per heavy atom. The Balaban J connectivity index is 2.14. The molecular formula is C22H31N5O2. The number of hydrazine groups is 1.